The highest BCUT2D eigenvalue weighted by molar-refractivity contribution is 7.48. The Morgan fingerprint density at radius 1 is 0.512 bits per heavy atom. The minimum atomic E-state index is -4.64. The Morgan fingerprint density at radius 3 is 1.00 bits per heavy atom. The van der Waals surface area contributed by atoms with E-state index in [0.29, 0.717) is 36.3 Å². The summed E-state index contributed by atoms with van der Waals surface area (Å²) in [5.74, 6) is 19.1. The zero-order valence-electron chi connectivity index (χ0n) is 25.1. The monoisotopic (exact) mass is 584 g/mol. The van der Waals surface area contributed by atoms with Crippen molar-refractivity contribution in [3.8, 4) is 0 Å². The molecule has 0 amide bonds. The summed E-state index contributed by atoms with van der Waals surface area (Å²) < 4.78 is 31.8. The first kappa shape index (κ1) is 32.6. The lowest BCUT2D eigenvalue weighted by Crippen LogP contribution is -2.39. The van der Waals surface area contributed by atoms with E-state index < -0.39 is 7.82 Å². The quantitative estimate of drug-likeness (QED) is 0.105. The molecule has 3 aromatic rings. The van der Waals surface area contributed by atoms with E-state index in [0.717, 1.165) is 68.2 Å². The molecule has 0 fully saturated rings. The Balaban J connectivity index is 2.04. The molecule has 3 aromatic carbocycles. The van der Waals surface area contributed by atoms with E-state index in [1.165, 1.54) is 0 Å². The minimum absolute atomic E-state index is 0.524. The van der Waals surface area contributed by atoms with E-state index >= 15 is 0 Å². The van der Waals surface area contributed by atoms with Crippen molar-refractivity contribution in [3.05, 3.63) is 88.0 Å². The van der Waals surface area contributed by atoms with Gasteiger partial charge in [-0.3, -0.25) is 0 Å². The molecule has 0 unspecified atom stereocenters. The average Bonchev–Trinajstić information content (AvgIpc) is 2.98. The number of hydrogen-bond donors (Lipinski definition) is 3. The number of phosphoric acid groups is 1. The number of rotatable bonds is 15. The highest BCUT2D eigenvalue weighted by Crippen LogP contribution is 2.53. The first-order valence-electron chi connectivity index (χ1n) is 14.3. The molecular formula is C30H45N6O4P. The van der Waals surface area contributed by atoms with Crippen LogP contribution in [0.1, 0.15) is 74.9 Å². The fourth-order valence-corrected chi connectivity index (χ4v) is 6.20. The molecule has 0 bridgehead atoms. The van der Waals surface area contributed by atoms with Crippen LogP contribution < -0.4 is 33.0 Å². The molecule has 0 saturated heterocycles. The van der Waals surface area contributed by atoms with Crippen LogP contribution in [0.3, 0.4) is 0 Å². The molecule has 0 radical (unpaired) electrons. The van der Waals surface area contributed by atoms with Crippen molar-refractivity contribution in [2.75, 3.05) is 15.5 Å². The summed E-state index contributed by atoms with van der Waals surface area (Å²) in [6.07, 6.45) is 4.43. The Labute approximate surface area is 244 Å². The predicted molar refractivity (Wildman–Crippen MR) is 166 cm³/mol. The van der Waals surface area contributed by atoms with Gasteiger partial charge in [0, 0.05) is 0 Å². The summed E-state index contributed by atoms with van der Waals surface area (Å²) in [7, 11) is -4.64. The Kier molecular flexibility index (Phi) is 11.7. The van der Waals surface area contributed by atoms with Crippen LogP contribution >= 0.6 is 7.82 Å². The zero-order valence-corrected chi connectivity index (χ0v) is 26.0. The van der Waals surface area contributed by atoms with Crippen LogP contribution in [0.15, 0.2) is 54.6 Å². The van der Waals surface area contributed by atoms with E-state index in [4.69, 9.17) is 31.4 Å². The highest BCUT2D eigenvalue weighted by Gasteiger charge is 2.38. The number of anilines is 3. The molecule has 0 aliphatic rings. The molecule has 0 aliphatic carbocycles. The summed E-state index contributed by atoms with van der Waals surface area (Å²) in [5.41, 5.74) is 7.70. The van der Waals surface area contributed by atoms with Gasteiger partial charge in [-0.25, -0.2) is 22.1 Å². The average molecular weight is 585 g/mol. The topological polar surface area (TPSA) is 133 Å². The summed E-state index contributed by atoms with van der Waals surface area (Å²) in [5, 5.41) is 2.73. The number of aryl methyl sites for hydroxylation is 3. The van der Waals surface area contributed by atoms with E-state index in [1.807, 2.05) is 57.2 Å². The van der Waals surface area contributed by atoms with Gasteiger partial charge >= 0.3 is 7.82 Å². The van der Waals surface area contributed by atoms with Crippen LogP contribution in [0.5, 0.6) is 0 Å². The first-order valence-corrected chi connectivity index (χ1v) is 15.8. The normalized spacial score (nSPS) is 11.5. The Bertz CT molecular complexity index is 1190. The molecule has 0 atom stereocenters. The molecule has 0 aromatic heterocycles. The van der Waals surface area contributed by atoms with Gasteiger partial charge in [0.1, 0.15) is 0 Å². The molecule has 224 valence electrons. The van der Waals surface area contributed by atoms with Gasteiger partial charge in [-0.15, -0.1) is 13.9 Å². The number of hydrazine groups is 3. The fraction of sp³-hybridized carbons (Fsp3) is 0.400. The lowest BCUT2D eigenvalue weighted by Gasteiger charge is -2.31. The lowest BCUT2D eigenvalue weighted by atomic mass is 10.0. The number of hydrogen-bond acceptors (Lipinski definition) is 10. The fourth-order valence-electron chi connectivity index (χ4n) is 5.20. The van der Waals surface area contributed by atoms with Gasteiger partial charge in [-0.05, 0) is 90.1 Å². The summed E-state index contributed by atoms with van der Waals surface area (Å²) >= 11 is 0. The van der Waals surface area contributed by atoms with Crippen LogP contribution in [-0.2, 0) is 57.0 Å². The van der Waals surface area contributed by atoms with Crippen LogP contribution in [0.4, 0.5) is 17.1 Å². The largest absolute Gasteiger partial charge is 0.543 e. The molecule has 0 saturated carbocycles. The Hall–Kier alpha value is -2.95. The third-order valence-corrected chi connectivity index (χ3v) is 8.35. The SMILES string of the molecule is CCc1cccc(N(N)OP(=O)(ON(N)c2cccc(CC)c2CC)ON(N)c2cccc(CC)c2CC)c1CC. The highest BCUT2D eigenvalue weighted by atomic mass is 31.2. The van der Waals surface area contributed by atoms with E-state index in [9.17, 15) is 4.57 Å². The summed E-state index contributed by atoms with van der Waals surface area (Å²) in [6, 6.07) is 17.0. The first-order chi connectivity index (χ1) is 19.7. The van der Waals surface area contributed by atoms with Gasteiger partial charge < -0.3 is 0 Å². The van der Waals surface area contributed by atoms with Crippen molar-refractivity contribution >= 4 is 24.9 Å². The van der Waals surface area contributed by atoms with Crippen molar-refractivity contribution in [1.82, 2.24) is 0 Å². The van der Waals surface area contributed by atoms with Gasteiger partial charge in [0.05, 0.1) is 17.1 Å². The maximum absolute atomic E-state index is 14.4. The van der Waals surface area contributed by atoms with E-state index in [2.05, 4.69) is 20.8 Å². The third-order valence-electron chi connectivity index (χ3n) is 7.22. The number of benzene rings is 3. The molecule has 41 heavy (non-hydrogen) atoms. The second-order valence-electron chi connectivity index (χ2n) is 9.54. The molecule has 11 heteroatoms. The van der Waals surface area contributed by atoms with Crippen molar-refractivity contribution < 1.29 is 18.4 Å². The van der Waals surface area contributed by atoms with Gasteiger partial charge in [-0.2, -0.15) is 15.5 Å². The summed E-state index contributed by atoms with van der Waals surface area (Å²) in [4.78, 5) is 0. The van der Waals surface area contributed by atoms with Crippen LogP contribution in [-0.4, -0.2) is 0 Å². The molecule has 10 nitrogen and oxygen atoms in total. The summed E-state index contributed by atoms with van der Waals surface area (Å²) in [6.45, 7) is 12.2. The lowest BCUT2D eigenvalue weighted by molar-refractivity contribution is 0.0856. The van der Waals surface area contributed by atoms with Crippen molar-refractivity contribution in [1.29, 1.82) is 0 Å². The molecule has 0 heterocycles. The van der Waals surface area contributed by atoms with Crippen LogP contribution in [0.2, 0.25) is 0 Å². The molecule has 3 rings (SSSR count). The third kappa shape index (κ3) is 7.47. The van der Waals surface area contributed by atoms with Gasteiger partial charge in [0.15, 0.2) is 0 Å². The second kappa shape index (κ2) is 14.8. The maximum atomic E-state index is 14.4. The van der Waals surface area contributed by atoms with Crippen molar-refractivity contribution in [3.63, 3.8) is 0 Å². The van der Waals surface area contributed by atoms with Crippen LogP contribution in [0, 0.1) is 0 Å². The van der Waals surface area contributed by atoms with Crippen LogP contribution in [0.25, 0.3) is 0 Å². The standard InChI is InChI=1S/C30H45N6O4P/c1-7-22-16-13-19-28(25(22)10-4)34(31)38-41(37,39-35(32)29-20-14-17-23(8-2)26(29)11-5)40-36(33)30-21-15-18-24(9-3)27(30)12-6/h13-21H,7-12,31-33H2,1-6H3. The molecule has 0 aliphatic heterocycles. The van der Waals surface area contributed by atoms with Gasteiger partial charge in [0.2, 0.25) is 0 Å². The smallest absolute Gasteiger partial charge is 0.222 e. The minimum Gasteiger partial charge on any atom is -0.222 e. The zero-order chi connectivity index (χ0) is 30.2. The predicted octanol–water partition coefficient (Wildman–Crippen LogP) is 6.40. The van der Waals surface area contributed by atoms with Gasteiger partial charge in [0.25, 0.3) is 0 Å². The molecule has 0 spiro atoms. The second-order valence-corrected chi connectivity index (χ2v) is 10.9. The van der Waals surface area contributed by atoms with E-state index in [-0.39, 0.29) is 0 Å². The van der Waals surface area contributed by atoms with Crippen molar-refractivity contribution in [2.24, 2.45) is 17.5 Å². The number of nitrogens with zero attached hydrogens (tertiary/aromatic N) is 3. The van der Waals surface area contributed by atoms with E-state index in [1.54, 1.807) is 18.2 Å². The Morgan fingerprint density at radius 2 is 0.780 bits per heavy atom. The molecular weight excluding hydrogens is 539 g/mol. The van der Waals surface area contributed by atoms with Gasteiger partial charge in [-0.1, -0.05) is 77.9 Å². The molecule has 6 N–H and O–H groups in total. The van der Waals surface area contributed by atoms with Crippen molar-refractivity contribution in [2.45, 2.75) is 80.1 Å². The number of nitrogens with two attached hydrogens (primary N) is 3. The maximum Gasteiger partial charge on any atom is 0.543 e.